The van der Waals surface area contributed by atoms with Gasteiger partial charge < -0.3 is 15.5 Å². The lowest BCUT2D eigenvalue weighted by atomic mass is 10.0. The third-order valence-corrected chi connectivity index (χ3v) is 2.90. The van der Waals surface area contributed by atoms with Crippen LogP contribution in [-0.2, 0) is 6.54 Å². The summed E-state index contributed by atoms with van der Waals surface area (Å²) in [5.74, 6) is 0.173. The molecule has 0 spiro atoms. The monoisotopic (exact) mass is 241 g/mol. The quantitative estimate of drug-likeness (QED) is 0.684. The molecule has 0 saturated carbocycles. The van der Waals surface area contributed by atoms with Crippen molar-refractivity contribution in [1.29, 1.82) is 0 Å². The molecule has 3 N–H and O–H groups in total. The van der Waals surface area contributed by atoms with Crippen LogP contribution in [0.5, 0.6) is 5.75 Å². The van der Waals surface area contributed by atoms with Crippen molar-refractivity contribution in [3.05, 3.63) is 29.6 Å². The lowest BCUT2D eigenvalue weighted by Gasteiger charge is -2.14. The fourth-order valence-corrected chi connectivity index (χ4v) is 1.74. The van der Waals surface area contributed by atoms with Gasteiger partial charge in [0.05, 0.1) is 0 Å². The summed E-state index contributed by atoms with van der Waals surface area (Å²) in [5.41, 5.74) is 0.559. The average molecular weight is 241 g/mol. The molecule has 17 heavy (non-hydrogen) atoms. The molecule has 1 unspecified atom stereocenters. The number of aromatic hydroxyl groups is 1. The van der Waals surface area contributed by atoms with E-state index in [4.69, 9.17) is 5.11 Å². The molecular formula is C13H20FNO2. The van der Waals surface area contributed by atoms with E-state index in [1.165, 1.54) is 18.2 Å². The highest BCUT2D eigenvalue weighted by Gasteiger charge is 2.06. The zero-order valence-electron chi connectivity index (χ0n) is 10.1. The molecule has 4 heteroatoms. The van der Waals surface area contributed by atoms with Crippen molar-refractivity contribution in [2.24, 2.45) is 5.92 Å². The highest BCUT2D eigenvalue weighted by atomic mass is 19.1. The van der Waals surface area contributed by atoms with Crippen LogP contribution in [0.2, 0.25) is 0 Å². The smallest absolute Gasteiger partial charge is 0.123 e. The first-order valence-electron chi connectivity index (χ1n) is 5.96. The van der Waals surface area contributed by atoms with Crippen molar-refractivity contribution in [2.45, 2.75) is 26.3 Å². The maximum absolute atomic E-state index is 12.9. The molecule has 1 aromatic carbocycles. The number of hydrogen-bond donors (Lipinski definition) is 3. The van der Waals surface area contributed by atoms with Crippen LogP contribution >= 0.6 is 0 Å². The fraction of sp³-hybridized carbons (Fsp3) is 0.538. The van der Waals surface area contributed by atoms with Crippen molar-refractivity contribution < 1.29 is 14.6 Å². The van der Waals surface area contributed by atoms with Crippen molar-refractivity contribution >= 4 is 0 Å². The van der Waals surface area contributed by atoms with E-state index in [1.54, 1.807) is 0 Å². The Bertz CT molecular complexity index is 344. The minimum absolute atomic E-state index is 0.106. The van der Waals surface area contributed by atoms with Gasteiger partial charge >= 0.3 is 0 Å². The van der Waals surface area contributed by atoms with E-state index < -0.39 is 0 Å². The van der Waals surface area contributed by atoms with Gasteiger partial charge in [0, 0.05) is 18.7 Å². The second kappa shape index (κ2) is 7.25. The van der Waals surface area contributed by atoms with Crippen LogP contribution in [0.3, 0.4) is 0 Å². The number of halogens is 1. The third-order valence-electron chi connectivity index (χ3n) is 2.90. The number of rotatable bonds is 7. The van der Waals surface area contributed by atoms with Gasteiger partial charge in [-0.15, -0.1) is 0 Å². The van der Waals surface area contributed by atoms with Crippen LogP contribution in [0.15, 0.2) is 18.2 Å². The fourth-order valence-electron chi connectivity index (χ4n) is 1.74. The SMILES string of the molecule is CCC(CCO)CNCc1cc(F)ccc1O. The summed E-state index contributed by atoms with van der Waals surface area (Å²) in [4.78, 5) is 0. The summed E-state index contributed by atoms with van der Waals surface area (Å²) in [6.07, 6.45) is 1.75. The summed E-state index contributed by atoms with van der Waals surface area (Å²) in [6.45, 7) is 3.45. The Morgan fingerprint density at radius 3 is 2.82 bits per heavy atom. The first kappa shape index (κ1) is 13.9. The van der Waals surface area contributed by atoms with Gasteiger partial charge in [-0.05, 0) is 37.1 Å². The molecule has 0 aliphatic carbocycles. The Hall–Kier alpha value is -1.13. The van der Waals surface area contributed by atoms with Crippen LogP contribution < -0.4 is 5.32 Å². The molecular weight excluding hydrogens is 221 g/mol. The van der Waals surface area contributed by atoms with E-state index >= 15 is 0 Å². The Labute approximate surface area is 101 Å². The van der Waals surface area contributed by atoms with E-state index in [0.717, 1.165) is 19.4 Å². The van der Waals surface area contributed by atoms with Crippen LogP contribution in [0.25, 0.3) is 0 Å². The second-order valence-electron chi connectivity index (χ2n) is 4.19. The molecule has 0 aliphatic rings. The molecule has 0 heterocycles. The van der Waals surface area contributed by atoms with E-state index in [2.05, 4.69) is 12.2 Å². The molecule has 0 aromatic heterocycles. The first-order chi connectivity index (χ1) is 8.17. The lowest BCUT2D eigenvalue weighted by Crippen LogP contribution is -2.23. The molecule has 0 bridgehead atoms. The topological polar surface area (TPSA) is 52.5 Å². The van der Waals surface area contributed by atoms with Crippen molar-refractivity contribution in [2.75, 3.05) is 13.2 Å². The van der Waals surface area contributed by atoms with E-state index in [1.807, 2.05) is 0 Å². The van der Waals surface area contributed by atoms with Crippen LogP contribution in [0.4, 0.5) is 4.39 Å². The predicted molar refractivity (Wildman–Crippen MR) is 65.3 cm³/mol. The van der Waals surface area contributed by atoms with Crippen molar-refractivity contribution in [3.8, 4) is 5.75 Å². The number of aliphatic hydroxyl groups is 1. The number of nitrogens with one attached hydrogen (secondary N) is 1. The summed E-state index contributed by atoms with van der Waals surface area (Å²) in [6, 6.07) is 3.92. The molecule has 1 rings (SSSR count). The minimum atomic E-state index is -0.345. The summed E-state index contributed by atoms with van der Waals surface area (Å²) in [5, 5.41) is 21.5. The molecule has 1 aromatic rings. The zero-order chi connectivity index (χ0) is 12.7. The van der Waals surface area contributed by atoms with Gasteiger partial charge in [0.2, 0.25) is 0 Å². The standard InChI is InChI=1S/C13H20FNO2/c1-2-10(5-6-16)8-15-9-11-7-12(14)3-4-13(11)17/h3-4,7,10,15-17H,2,5-6,8-9H2,1H3. The first-order valence-corrected chi connectivity index (χ1v) is 5.96. The Balaban J connectivity index is 2.42. The van der Waals surface area contributed by atoms with Gasteiger partial charge in [-0.1, -0.05) is 13.3 Å². The molecule has 3 nitrogen and oxygen atoms in total. The molecule has 1 atom stereocenters. The number of aliphatic hydroxyl groups excluding tert-OH is 1. The van der Waals surface area contributed by atoms with Crippen molar-refractivity contribution in [1.82, 2.24) is 5.32 Å². The highest BCUT2D eigenvalue weighted by Crippen LogP contribution is 2.17. The molecule has 0 saturated heterocycles. The Morgan fingerprint density at radius 1 is 1.41 bits per heavy atom. The summed E-state index contributed by atoms with van der Waals surface area (Å²) in [7, 11) is 0. The van der Waals surface area contributed by atoms with E-state index in [9.17, 15) is 9.50 Å². The molecule has 0 fully saturated rings. The van der Waals surface area contributed by atoms with Gasteiger partial charge in [0.15, 0.2) is 0 Å². The summed E-state index contributed by atoms with van der Waals surface area (Å²) < 4.78 is 12.9. The zero-order valence-corrected chi connectivity index (χ0v) is 10.1. The van der Waals surface area contributed by atoms with Crippen LogP contribution in [0.1, 0.15) is 25.3 Å². The molecule has 0 amide bonds. The third kappa shape index (κ3) is 4.71. The number of benzene rings is 1. The van der Waals surface area contributed by atoms with E-state index in [0.29, 0.717) is 18.0 Å². The largest absolute Gasteiger partial charge is 0.508 e. The number of phenols is 1. The normalized spacial score (nSPS) is 12.6. The predicted octanol–water partition coefficient (Wildman–Crippen LogP) is 2.03. The average Bonchev–Trinajstić information content (AvgIpc) is 2.32. The van der Waals surface area contributed by atoms with Gasteiger partial charge in [-0.3, -0.25) is 0 Å². The van der Waals surface area contributed by atoms with Crippen LogP contribution in [0, 0.1) is 11.7 Å². The maximum atomic E-state index is 12.9. The number of phenolic OH excluding ortho intramolecular Hbond substituents is 1. The lowest BCUT2D eigenvalue weighted by molar-refractivity contribution is 0.251. The maximum Gasteiger partial charge on any atom is 0.123 e. The van der Waals surface area contributed by atoms with Gasteiger partial charge in [0.25, 0.3) is 0 Å². The molecule has 0 radical (unpaired) electrons. The molecule has 96 valence electrons. The summed E-state index contributed by atoms with van der Waals surface area (Å²) >= 11 is 0. The number of hydrogen-bond acceptors (Lipinski definition) is 3. The van der Waals surface area contributed by atoms with Gasteiger partial charge in [-0.2, -0.15) is 0 Å². The highest BCUT2D eigenvalue weighted by molar-refractivity contribution is 5.32. The van der Waals surface area contributed by atoms with Gasteiger partial charge in [0.1, 0.15) is 11.6 Å². The Morgan fingerprint density at radius 2 is 2.18 bits per heavy atom. The van der Waals surface area contributed by atoms with Crippen LogP contribution in [-0.4, -0.2) is 23.4 Å². The van der Waals surface area contributed by atoms with Crippen molar-refractivity contribution in [3.63, 3.8) is 0 Å². The van der Waals surface area contributed by atoms with Gasteiger partial charge in [-0.25, -0.2) is 4.39 Å². The minimum Gasteiger partial charge on any atom is -0.508 e. The second-order valence-corrected chi connectivity index (χ2v) is 4.19. The Kier molecular flexibility index (Phi) is 5.94. The van der Waals surface area contributed by atoms with E-state index in [-0.39, 0.29) is 18.2 Å². The molecule has 0 aliphatic heterocycles.